The number of hydrogen-bond donors (Lipinski definition) is 1. The second kappa shape index (κ2) is 10.0. The van der Waals surface area contributed by atoms with Gasteiger partial charge in [-0.2, -0.15) is 0 Å². The van der Waals surface area contributed by atoms with E-state index in [9.17, 15) is 9.59 Å². The van der Waals surface area contributed by atoms with Crippen LogP contribution in [-0.4, -0.2) is 81.1 Å². The molecule has 2 N–H and O–H groups in total. The Morgan fingerprint density at radius 1 is 1.00 bits per heavy atom. The van der Waals surface area contributed by atoms with Gasteiger partial charge >= 0.3 is 0 Å². The standard InChI is InChI=1S/C24H26N8O3/c25-23(34)17-5-6-20-21(15-17)32(29-28-20)12-14-35-13-7-22(33)30-8-10-31(11-9-30)24-26-16-18-3-1-2-4-19(18)27-24/h1-6,15-16H,7-14H2,(H2,25,34). The number of carbonyl (C=O) groups is 2. The molecule has 1 saturated heterocycles. The number of primary amides is 1. The Kier molecular flexibility index (Phi) is 6.49. The van der Waals surface area contributed by atoms with Gasteiger partial charge in [-0.05, 0) is 24.3 Å². The van der Waals surface area contributed by atoms with Crippen molar-refractivity contribution in [1.82, 2.24) is 29.9 Å². The van der Waals surface area contributed by atoms with Gasteiger partial charge in [-0.15, -0.1) is 5.10 Å². The van der Waals surface area contributed by atoms with Gasteiger partial charge in [0.15, 0.2) is 0 Å². The van der Waals surface area contributed by atoms with Crippen molar-refractivity contribution in [2.45, 2.75) is 13.0 Å². The van der Waals surface area contributed by atoms with Crippen molar-refractivity contribution in [3.63, 3.8) is 0 Å². The van der Waals surface area contributed by atoms with Crippen LogP contribution in [0.5, 0.6) is 0 Å². The van der Waals surface area contributed by atoms with Crippen LogP contribution in [0.15, 0.2) is 48.7 Å². The van der Waals surface area contributed by atoms with E-state index in [1.165, 1.54) is 0 Å². The molecule has 0 radical (unpaired) electrons. The topological polar surface area (TPSA) is 132 Å². The molecule has 0 aliphatic carbocycles. The predicted molar refractivity (Wildman–Crippen MR) is 130 cm³/mol. The summed E-state index contributed by atoms with van der Waals surface area (Å²) in [7, 11) is 0. The summed E-state index contributed by atoms with van der Waals surface area (Å²) in [5.41, 5.74) is 8.07. The molecule has 1 fully saturated rings. The minimum absolute atomic E-state index is 0.0707. The van der Waals surface area contributed by atoms with Gasteiger partial charge < -0.3 is 20.3 Å². The number of hydrogen-bond acceptors (Lipinski definition) is 8. The zero-order chi connectivity index (χ0) is 24.2. The molecule has 4 aromatic rings. The van der Waals surface area contributed by atoms with Gasteiger partial charge in [0.1, 0.15) is 5.52 Å². The normalized spacial score (nSPS) is 14.1. The van der Waals surface area contributed by atoms with Gasteiger partial charge in [0, 0.05) is 43.3 Å². The monoisotopic (exact) mass is 474 g/mol. The minimum Gasteiger partial charge on any atom is -0.379 e. The number of anilines is 1. The van der Waals surface area contributed by atoms with Crippen LogP contribution in [0.1, 0.15) is 16.8 Å². The molecule has 1 aliphatic rings. The van der Waals surface area contributed by atoms with E-state index < -0.39 is 5.91 Å². The first-order valence-corrected chi connectivity index (χ1v) is 11.5. The van der Waals surface area contributed by atoms with Crippen molar-refractivity contribution < 1.29 is 14.3 Å². The molecule has 5 rings (SSSR count). The molecule has 11 nitrogen and oxygen atoms in total. The van der Waals surface area contributed by atoms with Crippen molar-refractivity contribution in [3.8, 4) is 0 Å². The molecule has 35 heavy (non-hydrogen) atoms. The summed E-state index contributed by atoms with van der Waals surface area (Å²) >= 11 is 0. The van der Waals surface area contributed by atoms with Gasteiger partial charge in [-0.25, -0.2) is 14.6 Å². The number of amides is 2. The summed E-state index contributed by atoms with van der Waals surface area (Å²) in [6.07, 6.45) is 2.15. The van der Waals surface area contributed by atoms with E-state index >= 15 is 0 Å². The molecule has 0 spiro atoms. The highest BCUT2D eigenvalue weighted by Crippen LogP contribution is 2.17. The maximum Gasteiger partial charge on any atom is 0.248 e. The van der Waals surface area contributed by atoms with Crippen LogP contribution in [-0.2, 0) is 16.1 Å². The average Bonchev–Trinajstić information content (AvgIpc) is 3.30. The Bertz CT molecular complexity index is 1360. The number of para-hydroxylation sites is 1. The summed E-state index contributed by atoms with van der Waals surface area (Å²) in [4.78, 5) is 37.1. The molecule has 0 atom stereocenters. The molecule has 3 heterocycles. The first-order chi connectivity index (χ1) is 17.1. The van der Waals surface area contributed by atoms with Crippen molar-refractivity contribution in [3.05, 3.63) is 54.2 Å². The molecular weight excluding hydrogens is 448 g/mol. The van der Waals surface area contributed by atoms with E-state index in [2.05, 4.69) is 25.2 Å². The fourth-order valence-electron chi connectivity index (χ4n) is 4.12. The van der Waals surface area contributed by atoms with Crippen LogP contribution in [0, 0.1) is 0 Å². The fraction of sp³-hybridized carbons (Fsp3) is 0.333. The molecule has 2 amide bonds. The molecular formula is C24H26N8O3. The van der Waals surface area contributed by atoms with E-state index in [0.717, 1.165) is 10.9 Å². The molecule has 2 aromatic carbocycles. The largest absolute Gasteiger partial charge is 0.379 e. The highest BCUT2D eigenvalue weighted by atomic mass is 16.5. The smallest absolute Gasteiger partial charge is 0.248 e. The van der Waals surface area contributed by atoms with Gasteiger partial charge in [0.05, 0.1) is 37.2 Å². The third kappa shape index (κ3) is 5.04. The quantitative estimate of drug-likeness (QED) is 0.377. The average molecular weight is 475 g/mol. The third-order valence-electron chi connectivity index (χ3n) is 6.10. The second-order valence-corrected chi connectivity index (χ2v) is 8.34. The number of nitrogens with two attached hydrogens (primary N) is 1. The summed E-state index contributed by atoms with van der Waals surface area (Å²) in [6, 6.07) is 12.9. The van der Waals surface area contributed by atoms with Gasteiger partial charge in [-0.1, -0.05) is 23.4 Å². The van der Waals surface area contributed by atoms with Crippen molar-refractivity contribution >= 4 is 39.7 Å². The molecule has 0 bridgehead atoms. The van der Waals surface area contributed by atoms with Crippen LogP contribution in [0.2, 0.25) is 0 Å². The maximum absolute atomic E-state index is 12.6. The summed E-state index contributed by atoms with van der Waals surface area (Å²) in [6.45, 7) is 3.79. The SMILES string of the molecule is NC(=O)c1ccc2nnn(CCOCCC(=O)N3CCN(c4ncc5ccccc5n4)CC3)c2c1. The van der Waals surface area contributed by atoms with Crippen LogP contribution in [0.3, 0.4) is 0 Å². The van der Waals surface area contributed by atoms with E-state index in [-0.39, 0.29) is 5.91 Å². The number of aromatic nitrogens is 5. The van der Waals surface area contributed by atoms with E-state index in [4.69, 9.17) is 10.5 Å². The highest BCUT2D eigenvalue weighted by molar-refractivity contribution is 5.96. The highest BCUT2D eigenvalue weighted by Gasteiger charge is 2.22. The Hall–Kier alpha value is -4.12. The van der Waals surface area contributed by atoms with Crippen molar-refractivity contribution in [2.24, 2.45) is 5.73 Å². The number of fused-ring (bicyclic) bond motifs is 2. The van der Waals surface area contributed by atoms with Crippen molar-refractivity contribution in [2.75, 3.05) is 44.3 Å². The molecule has 0 saturated carbocycles. The Morgan fingerprint density at radius 2 is 1.83 bits per heavy atom. The molecule has 0 unspecified atom stereocenters. The molecule has 1 aliphatic heterocycles. The van der Waals surface area contributed by atoms with Gasteiger partial charge in [0.2, 0.25) is 17.8 Å². The van der Waals surface area contributed by atoms with Crippen LogP contribution >= 0.6 is 0 Å². The van der Waals surface area contributed by atoms with Crippen LogP contribution in [0.4, 0.5) is 5.95 Å². The summed E-state index contributed by atoms with van der Waals surface area (Å²) in [5.74, 6) is 0.268. The molecule has 180 valence electrons. The molecule has 11 heteroatoms. The van der Waals surface area contributed by atoms with Crippen molar-refractivity contribution in [1.29, 1.82) is 0 Å². The zero-order valence-electron chi connectivity index (χ0n) is 19.2. The van der Waals surface area contributed by atoms with Crippen LogP contribution in [0.25, 0.3) is 21.9 Å². The Labute approximate surface area is 201 Å². The number of benzene rings is 2. The minimum atomic E-state index is -0.500. The number of rotatable bonds is 8. The lowest BCUT2D eigenvalue weighted by molar-refractivity contribution is -0.132. The Balaban J connectivity index is 1.06. The van der Waals surface area contributed by atoms with Gasteiger partial charge in [0.25, 0.3) is 0 Å². The summed E-state index contributed by atoms with van der Waals surface area (Å²) in [5, 5.41) is 9.19. The summed E-state index contributed by atoms with van der Waals surface area (Å²) < 4.78 is 7.33. The maximum atomic E-state index is 12.6. The van der Waals surface area contributed by atoms with E-state index in [1.807, 2.05) is 35.4 Å². The number of carbonyl (C=O) groups excluding carboxylic acids is 2. The zero-order valence-corrected chi connectivity index (χ0v) is 19.2. The van der Waals surface area contributed by atoms with E-state index in [0.29, 0.717) is 74.9 Å². The first-order valence-electron chi connectivity index (χ1n) is 11.5. The predicted octanol–water partition coefficient (Wildman–Crippen LogP) is 1.23. The third-order valence-corrected chi connectivity index (χ3v) is 6.10. The van der Waals surface area contributed by atoms with Gasteiger partial charge in [-0.3, -0.25) is 9.59 Å². The fourth-order valence-corrected chi connectivity index (χ4v) is 4.12. The van der Waals surface area contributed by atoms with E-state index in [1.54, 1.807) is 22.9 Å². The number of ether oxygens (including phenoxy) is 1. The number of nitrogens with zero attached hydrogens (tertiary/aromatic N) is 7. The van der Waals surface area contributed by atoms with Crippen LogP contribution < -0.4 is 10.6 Å². The lowest BCUT2D eigenvalue weighted by atomic mass is 10.2. The first kappa shape index (κ1) is 22.7. The lowest BCUT2D eigenvalue weighted by Gasteiger charge is -2.34. The molecule has 2 aromatic heterocycles. The number of piperazine rings is 1. The Morgan fingerprint density at radius 3 is 2.66 bits per heavy atom. The lowest BCUT2D eigenvalue weighted by Crippen LogP contribution is -2.49. The second-order valence-electron chi connectivity index (χ2n) is 8.34.